The van der Waals surface area contributed by atoms with Crippen molar-refractivity contribution < 1.29 is 22.3 Å². The molecule has 4 nitrogen and oxygen atoms in total. The largest absolute Gasteiger partial charge is 0.392 e. The van der Waals surface area contributed by atoms with Crippen molar-refractivity contribution in [1.29, 1.82) is 0 Å². The highest BCUT2D eigenvalue weighted by Crippen LogP contribution is 2.27. The predicted molar refractivity (Wildman–Crippen MR) is 77.2 cm³/mol. The third-order valence-electron chi connectivity index (χ3n) is 2.66. The highest BCUT2D eigenvalue weighted by molar-refractivity contribution is 9.10. The zero-order valence-electron chi connectivity index (χ0n) is 10.5. The zero-order valence-corrected chi connectivity index (χ0v) is 12.9. The average Bonchev–Trinajstić information content (AvgIpc) is 2.42. The minimum Gasteiger partial charge on any atom is -0.392 e. The van der Waals surface area contributed by atoms with Gasteiger partial charge in [-0.05, 0) is 51.8 Å². The third kappa shape index (κ3) is 3.58. The van der Waals surface area contributed by atoms with Gasteiger partial charge in [-0.3, -0.25) is 4.72 Å². The number of halogens is 3. The Morgan fingerprint density at radius 1 is 1.10 bits per heavy atom. The minimum absolute atomic E-state index is 0.0575. The van der Waals surface area contributed by atoms with Crippen molar-refractivity contribution in [3.05, 3.63) is 58.1 Å². The molecule has 0 fully saturated rings. The Morgan fingerprint density at radius 3 is 2.33 bits per heavy atom. The molecular weight excluding hydrogens is 368 g/mol. The van der Waals surface area contributed by atoms with Crippen molar-refractivity contribution in [2.24, 2.45) is 0 Å². The van der Waals surface area contributed by atoms with Crippen LogP contribution in [0.1, 0.15) is 5.56 Å². The first kappa shape index (κ1) is 15.9. The van der Waals surface area contributed by atoms with Crippen LogP contribution in [0.3, 0.4) is 0 Å². The Morgan fingerprint density at radius 2 is 1.71 bits per heavy atom. The first-order valence-corrected chi connectivity index (χ1v) is 7.98. The van der Waals surface area contributed by atoms with E-state index >= 15 is 0 Å². The van der Waals surface area contributed by atoms with E-state index in [0.717, 1.165) is 24.3 Å². The van der Waals surface area contributed by atoms with Gasteiger partial charge in [0.25, 0.3) is 10.0 Å². The lowest BCUT2D eigenvalue weighted by molar-refractivity contribution is 0.278. The average molecular weight is 378 g/mol. The molecule has 0 atom stereocenters. The van der Waals surface area contributed by atoms with Gasteiger partial charge in [0.15, 0.2) is 0 Å². The second-order valence-electron chi connectivity index (χ2n) is 4.14. The van der Waals surface area contributed by atoms with Crippen LogP contribution in [0.5, 0.6) is 0 Å². The Labute approximate surface area is 128 Å². The molecule has 0 aromatic heterocycles. The van der Waals surface area contributed by atoms with Crippen LogP contribution in [-0.4, -0.2) is 13.5 Å². The van der Waals surface area contributed by atoms with Gasteiger partial charge in [0.1, 0.15) is 11.6 Å². The molecule has 0 heterocycles. The molecule has 0 bridgehead atoms. The van der Waals surface area contributed by atoms with Gasteiger partial charge in [-0.15, -0.1) is 0 Å². The summed E-state index contributed by atoms with van der Waals surface area (Å²) < 4.78 is 53.2. The molecule has 0 unspecified atom stereocenters. The molecule has 0 radical (unpaired) electrons. The summed E-state index contributed by atoms with van der Waals surface area (Å²) >= 11 is 3.03. The van der Waals surface area contributed by atoms with Gasteiger partial charge in [-0.1, -0.05) is 6.07 Å². The standard InChI is InChI=1S/C13H10BrF2NO3S/c14-11-5-9(15)3-4-12(11)17-21(19,20)13-6-10(16)2-1-8(13)7-18/h1-6,17-18H,7H2. The van der Waals surface area contributed by atoms with Crippen LogP contribution in [0.25, 0.3) is 0 Å². The van der Waals surface area contributed by atoms with Crippen LogP contribution in [0.2, 0.25) is 0 Å². The number of aliphatic hydroxyl groups is 1. The number of rotatable bonds is 4. The van der Waals surface area contributed by atoms with Gasteiger partial charge in [0.2, 0.25) is 0 Å². The number of hydrogen-bond acceptors (Lipinski definition) is 3. The molecule has 0 saturated carbocycles. The van der Waals surface area contributed by atoms with E-state index < -0.39 is 28.3 Å². The van der Waals surface area contributed by atoms with E-state index in [9.17, 15) is 17.2 Å². The lowest BCUT2D eigenvalue weighted by Crippen LogP contribution is -2.16. The topological polar surface area (TPSA) is 66.4 Å². The van der Waals surface area contributed by atoms with Crippen molar-refractivity contribution in [3.8, 4) is 0 Å². The first-order valence-electron chi connectivity index (χ1n) is 5.70. The number of nitrogens with one attached hydrogen (secondary N) is 1. The summed E-state index contributed by atoms with van der Waals surface area (Å²) in [6, 6.07) is 6.46. The maximum absolute atomic E-state index is 13.3. The van der Waals surface area contributed by atoms with Gasteiger partial charge in [-0.2, -0.15) is 0 Å². The fourth-order valence-electron chi connectivity index (χ4n) is 1.68. The number of aliphatic hydroxyl groups excluding tert-OH is 1. The lowest BCUT2D eigenvalue weighted by Gasteiger charge is -2.12. The summed E-state index contributed by atoms with van der Waals surface area (Å²) in [5.74, 6) is -1.28. The number of anilines is 1. The van der Waals surface area contributed by atoms with E-state index in [1.165, 1.54) is 12.1 Å². The fourth-order valence-corrected chi connectivity index (χ4v) is 3.59. The molecule has 0 aliphatic rings. The zero-order chi connectivity index (χ0) is 15.6. The molecule has 0 saturated heterocycles. The van der Waals surface area contributed by atoms with Crippen molar-refractivity contribution in [2.75, 3.05) is 4.72 Å². The van der Waals surface area contributed by atoms with Gasteiger partial charge in [0, 0.05) is 4.47 Å². The Balaban J connectivity index is 2.45. The molecule has 0 spiro atoms. The SMILES string of the molecule is O=S(=O)(Nc1ccc(F)cc1Br)c1cc(F)ccc1CO. The quantitative estimate of drug-likeness (QED) is 0.860. The van der Waals surface area contributed by atoms with Crippen molar-refractivity contribution in [1.82, 2.24) is 0 Å². The van der Waals surface area contributed by atoms with E-state index in [0.29, 0.717) is 0 Å². The summed E-state index contributed by atoms with van der Waals surface area (Å²) in [6.45, 7) is -0.554. The molecule has 2 aromatic carbocycles. The second-order valence-corrected chi connectivity index (χ2v) is 6.64. The molecule has 0 amide bonds. The van der Waals surface area contributed by atoms with E-state index in [4.69, 9.17) is 5.11 Å². The Kier molecular flexibility index (Phi) is 4.60. The first-order chi connectivity index (χ1) is 9.83. The van der Waals surface area contributed by atoms with Crippen LogP contribution in [-0.2, 0) is 16.6 Å². The maximum Gasteiger partial charge on any atom is 0.262 e. The van der Waals surface area contributed by atoms with Crippen molar-refractivity contribution in [3.63, 3.8) is 0 Å². The molecule has 2 N–H and O–H groups in total. The Bertz CT molecular complexity index is 781. The molecule has 0 aliphatic heterocycles. The molecule has 21 heavy (non-hydrogen) atoms. The van der Waals surface area contributed by atoms with Crippen molar-refractivity contribution >= 4 is 31.6 Å². The smallest absolute Gasteiger partial charge is 0.262 e. The molecule has 0 aliphatic carbocycles. The number of benzene rings is 2. The number of sulfonamides is 1. The molecule has 2 aromatic rings. The maximum atomic E-state index is 13.3. The van der Waals surface area contributed by atoms with E-state index in [1.807, 2.05) is 0 Å². The molecular formula is C13H10BrF2NO3S. The molecule has 2 rings (SSSR count). The summed E-state index contributed by atoms with van der Waals surface area (Å²) in [6.07, 6.45) is 0. The van der Waals surface area contributed by atoms with Gasteiger partial charge >= 0.3 is 0 Å². The summed E-state index contributed by atoms with van der Waals surface area (Å²) in [5.41, 5.74) is 0.159. The monoisotopic (exact) mass is 377 g/mol. The second kappa shape index (κ2) is 6.08. The Hall–Kier alpha value is -1.51. The van der Waals surface area contributed by atoms with Crippen LogP contribution < -0.4 is 4.72 Å². The normalized spacial score (nSPS) is 11.4. The van der Waals surface area contributed by atoms with Gasteiger partial charge in [0.05, 0.1) is 17.2 Å². The minimum atomic E-state index is -4.12. The highest BCUT2D eigenvalue weighted by atomic mass is 79.9. The summed E-state index contributed by atoms with van der Waals surface area (Å²) in [4.78, 5) is -0.374. The summed E-state index contributed by atoms with van der Waals surface area (Å²) in [7, 11) is -4.12. The van der Waals surface area contributed by atoms with Crippen LogP contribution >= 0.6 is 15.9 Å². The molecule has 8 heteroatoms. The van der Waals surface area contributed by atoms with E-state index in [1.54, 1.807) is 0 Å². The van der Waals surface area contributed by atoms with Gasteiger partial charge in [-0.25, -0.2) is 17.2 Å². The van der Waals surface area contributed by atoms with Crippen molar-refractivity contribution in [2.45, 2.75) is 11.5 Å². The van der Waals surface area contributed by atoms with Crippen LogP contribution in [0, 0.1) is 11.6 Å². The van der Waals surface area contributed by atoms with Gasteiger partial charge < -0.3 is 5.11 Å². The predicted octanol–water partition coefficient (Wildman–Crippen LogP) is 3.02. The third-order valence-corrected chi connectivity index (χ3v) is 4.77. The number of hydrogen-bond donors (Lipinski definition) is 2. The van der Waals surface area contributed by atoms with Crippen LogP contribution in [0.4, 0.5) is 14.5 Å². The van der Waals surface area contributed by atoms with E-state index in [2.05, 4.69) is 20.7 Å². The molecule has 112 valence electrons. The summed E-state index contributed by atoms with van der Waals surface area (Å²) in [5, 5.41) is 9.16. The van der Waals surface area contributed by atoms with E-state index in [-0.39, 0.29) is 20.6 Å². The van der Waals surface area contributed by atoms with Crippen LogP contribution in [0.15, 0.2) is 45.8 Å². The lowest BCUT2D eigenvalue weighted by atomic mass is 10.2. The highest BCUT2D eigenvalue weighted by Gasteiger charge is 2.20. The fraction of sp³-hybridized carbons (Fsp3) is 0.0769.